The largest absolute Gasteiger partial charge is 0.369 e. The van der Waals surface area contributed by atoms with E-state index in [1.54, 1.807) is 0 Å². The number of carbonyl (C=O) groups excluding carboxylic acids is 1. The molecule has 0 radical (unpaired) electrons. The van der Waals surface area contributed by atoms with E-state index < -0.39 is 0 Å². The molecule has 3 N–H and O–H groups in total. The van der Waals surface area contributed by atoms with Gasteiger partial charge in [0.25, 0.3) is 0 Å². The lowest BCUT2D eigenvalue weighted by Gasteiger charge is -2.31. The third kappa shape index (κ3) is 0.645. The average molecular weight is 126 g/mol. The van der Waals surface area contributed by atoms with Crippen LogP contribution in [0.4, 0.5) is 0 Å². The molecule has 3 nitrogen and oxygen atoms in total. The van der Waals surface area contributed by atoms with Crippen molar-refractivity contribution < 1.29 is 4.79 Å². The Balaban J connectivity index is 1.90. The molecule has 0 aromatic heterocycles. The Hall–Kier alpha value is -0.570. The van der Waals surface area contributed by atoms with E-state index in [1.165, 1.54) is 0 Å². The van der Waals surface area contributed by atoms with Crippen LogP contribution >= 0.6 is 0 Å². The number of primary amides is 1. The van der Waals surface area contributed by atoms with E-state index in [4.69, 9.17) is 5.73 Å². The van der Waals surface area contributed by atoms with Gasteiger partial charge in [0.2, 0.25) is 5.91 Å². The van der Waals surface area contributed by atoms with Crippen LogP contribution in [0.15, 0.2) is 0 Å². The fourth-order valence-electron chi connectivity index (χ4n) is 1.50. The van der Waals surface area contributed by atoms with Gasteiger partial charge in [-0.15, -0.1) is 0 Å². The molecule has 1 amide bonds. The third-order valence-electron chi connectivity index (χ3n) is 2.35. The summed E-state index contributed by atoms with van der Waals surface area (Å²) in [6.45, 7) is 1.09. The summed E-state index contributed by atoms with van der Waals surface area (Å²) in [5.41, 5.74) is 5.45. The SMILES string of the molecule is NC(=O)C1CC2(CN2)C1. The zero-order valence-electron chi connectivity index (χ0n) is 5.18. The van der Waals surface area contributed by atoms with Crippen LogP contribution in [0.3, 0.4) is 0 Å². The van der Waals surface area contributed by atoms with Gasteiger partial charge in [-0.05, 0) is 12.8 Å². The quantitative estimate of drug-likeness (QED) is 0.453. The highest BCUT2D eigenvalue weighted by Crippen LogP contribution is 2.43. The molecule has 1 saturated heterocycles. The van der Waals surface area contributed by atoms with E-state index in [0.29, 0.717) is 5.54 Å². The number of nitrogens with one attached hydrogen (secondary N) is 1. The Morgan fingerprint density at radius 1 is 1.67 bits per heavy atom. The minimum absolute atomic E-state index is 0.130. The minimum atomic E-state index is -0.130. The fourth-order valence-corrected chi connectivity index (χ4v) is 1.50. The smallest absolute Gasteiger partial charge is 0.220 e. The summed E-state index contributed by atoms with van der Waals surface area (Å²) >= 11 is 0. The highest BCUT2D eigenvalue weighted by molar-refractivity contribution is 5.78. The minimum Gasteiger partial charge on any atom is -0.369 e. The first-order valence-corrected chi connectivity index (χ1v) is 3.26. The number of rotatable bonds is 1. The molecule has 0 aromatic rings. The molecule has 2 fully saturated rings. The van der Waals surface area contributed by atoms with Gasteiger partial charge in [0.15, 0.2) is 0 Å². The van der Waals surface area contributed by atoms with Gasteiger partial charge in [-0.25, -0.2) is 0 Å². The van der Waals surface area contributed by atoms with Gasteiger partial charge < -0.3 is 11.1 Å². The molecule has 2 aliphatic rings. The normalized spacial score (nSPS) is 46.4. The molecule has 1 heterocycles. The van der Waals surface area contributed by atoms with Gasteiger partial charge in [-0.1, -0.05) is 0 Å². The van der Waals surface area contributed by atoms with Crippen molar-refractivity contribution in [2.24, 2.45) is 11.7 Å². The standard InChI is InChI=1S/C6H10N2O/c7-5(9)4-1-6(2-4)3-8-6/h4,8H,1-3H2,(H2,7,9). The summed E-state index contributed by atoms with van der Waals surface area (Å²) in [5, 5.41) is 3.22. The van der Waals surface area contributed by atoms with Crippen molar-refractivity contribution in [1.29, 1.82) is 0 Å². The predicted molar refractivity (Wildman–Crippen MR) is 32.7 cm³/mol. The third-order valence-corrected chi connectivity index (χ3v) is 2.35. The maximum atomic E-state index is 10.5. The van der Waals surface area contributed by atoms with Crippen molar-refractivity contribution >= 4 is 5.91 Å². The lowest BCUT2D eigenvalue weighted by atomic mass is 9.74. The van der Waals surface area contributed by atoms with E-state index in [-0.39, 0.29) is 11.8 Å². The Kier molecular flexibility index (Phi) is 0.750. The number of hydrogen-bond acceptors (Lipinski definition) is 2. The van der Waals surface area contributed by atoms with Crippen molar-refractivity contribution in [3.8, 4) is 0 Å². The van der Waals surface area contributed by atoms with Crippen LogP contribution in [-0.4, -0.2) is 18.0 Å². The molecule has 2 rings (SSSR count). The predicted octanol–water partition coefficient (Wildman–Crippen LogP) is -0.776. The second kappa shape index (κ2) is 1.29. The molecule has 0 aromatic carbocycles. The van der Waals surface area contributed by atoms with Gasteiger partial charge in [-0.3, -0.25) is 4.79 Å². The van der Waals surface area contributed by atoms with Gasteiger partial charge in [-0.2, -0.15) is 0 Å². The van der Waals surface area contributed by atoms with E-state index in [2.05, 4.69) is 5.32 Å². The van der Waals surface area contributed by atoms with Crippen molar-refractivity contribution in [2.75, 3.05) is 6.54 Å². The van der Waals surface area contributed by atoms with E-state index in [9.17, 15) is 4.79 Å². The number of nitrogens with two attached hydrogens (primary N) is 1. The number of hydrogen-bond donors (Lipinski definition) is 2. The van der Waals surface area contributed by atoms with Crippen LogP contribution in [0.2, 0.25) is 0 Å². The molecule has 50 valence electrons. The van der Waals surface area contributed by atoms with E-state index in [1.807, 2.05) is 0 Å². The molecule has 1 spiro atoms. The van der Waals surface area contributed by atoms with Gasteiger partial charge in [0.05, 0.1) is 0 Å². The summed E-state index contributed by atoms with van der Waals surface area (Å²) in [7, 11) is 0. The van der Waals surface area contributed by atoms with Crippen molar-refractivity contribution in [2.45, 2.75) is 18.4 Å². The summed E-state index contributed by atoms with van der Waals surface area (Å²) in [6, 6.07) is 0. The van der Waals surface area contributed by atoms with Crippen molar-refractivity contribution in [3.63, 3.8) is 0 Å². The molecular formula is C6H10N2O. The Labute approximate surface area is 53.6 Å². The number of amides is 1. The van der Waals surface area contributed by atoms with Crippen LogP contribution in [0.25, 0.3) is 0 Å². The zero-order valence-corrected chi connectivity index (χ0v) is 5.18. The van der Waals surface area contributed by atoms with Crippen molar-refractivity contribution in [1.82, 2.24) is 5.32 Å². The van der Waals surface area contributed by atoms with Crippen LogP contribution in [0.5, 0.6) is 0 Å². The first kappa shape index (κ1) is 5.23. The highest BCUT2D eigenvalue weighted by atomic mass is 16.1. The second-order valence-electron chi connectivity index (χ2n) is 3.14. The van der Waals surface area contributed by atoms with Crippen molar-refractivity contribution in [3.05, 3.63) is 0 Å². The first-order valence-electron chi connectivity index (χ1n) is 3.26. The van der Waals surface area contributed by atoms with Crippen LogP contribution in [-0.2, 0) is 4.79 Å². The molecular weight excluding hydrogens is 116 g/mol. The molecule has 1 saturated carbocycles. The zero-order chi connectivity index (χ0) is 6.48. The lowest BCUT2D eigenvalue weighted by molar-refractivity contribution is -0.125. The maximum absolute atomic E-state index is 10.5. The second-order valence-corrected chi connectivity index (χ2v) is 3.14. The fraction of sp³-hybridized carbons (Fsp3) is 0.833. The summed E-state index contributed by atoms with van der Waals surface area (Å²) in [5.74, 6) is 0.0364. The summed E-state index contributed by atoms with van der Waals surface area (Å²) < 4.78 is 0. The molecule has 1 aliphatic heterocycles. The Bertz CT molecular complexity index is 154. The average Bonchev–Trinajstić information content (AvgIpc) is 2.35. The topological polar surface area (TPSA) is 65.0 Å². The first-order chi connectivity index (χ1) is 4.22. The molecule has 0 unspecified atom stereocenters. The Morgan fingerprint density at radius 2 is 2.22 bits per heavy atom. The Morgan fingerprint density at radius 3 is 2.56 bits per heavy atom. The lowest BCUT2D eigenvalue weighted by Crippen LogP contribution is -2.42. The molecule has 0 atom stereocenters. The van der Waals surface area contributed by atoms with Crippen LogP contribution < -0.4 is 11.1 Å². The van der Waals surface area contributed by atoms with E-state index >= 15 is 0 Å². The highest BCUT2D eigenvalue weighted by Gasteiger charge is 2.54. The summed E-state index contributed by atoms with van der Waals surface area (Å²) in [6.07, 6.45) is 1.95. The maximum Gasteiger partial charge on any atom is 0.220 e. The molecule has 9 heavy (non-hydrogen) atoms. The molecule has 3 heteroatoms. The van der Waals surface area contributed by atoms with Crippen LogP contribution in [0.1, 0.15) is 12.8 Å². The summed E-state index contributed by atoms with van der Waals surface area (Å²) in [4.78, 5) is 10.5. The van der Waals surface area contributed by atoms with Gasteiger partial charge in [0.1, 0.15) is 0 Å². The molecule has 1 aliphatic carbocycles. The monoisotopic (exact) mass is 126 g/mol. The van der Waals surface area contributed by atoms with Gasteiger partial charge >= 0.3 is 0 Å². The van der Waals surface area contributed by atoms with Gasteiger partial charge in [0, 0.05) is 18.0 Å². The van der Waals surface area contributed by atoms with Crippen LogP contribution in [0, 0.1) is 5.92 Å². The van der Waals surface area contributed by atoms with E-state index in [0.717, 1.165) is 19.4 Å². The number of carbonyl (C=O) groups is 1. The molecule has 0 bridgehead atoms.